The molecule has 0 unspecified atom stereocenters. The molecule has 5 nitrogen and oxygen atoms in total. The van der Waals surface area contributed by atoms with Crippen molar-refractivity contribution in [1.82, 2.24) is 9.55 Å². The number of nitro groups is 1. The number of para-hydroxylation sites is 1. The van der Waals surface area contributed by atoms with Gasteiger partial charge in [0.05, 0.1) is 10.4 Å². The Labute approximate surface area is 85.5 Å². The quantitative estimate of drug-likeness (QED) is 0.525. The van der Waals surface area contributed by atoms with E-state index in [-0.39, 0.29) is 10.6 Å². The Balaban J connectivity index is 2.37. The fraction of sp³-hybridized carbons (Fsp3) is 0.300. The van der Waals surface area contributed by atoms with E-state index < -0.39 is 0 Å². The molecule has 0 saturated heterocycles. The van der Waals surface area contributed by atoms with E-state index in [1.165, 1.54) is 6.07 Å². The summed E-state index contributed by atoms with van der Waals surface area (Å²) in [6.45, 7) is 0.924. The largest absolute Gasteiger partial charge is 0.328 e. The Kier molecular flexibility index (Phi) is 1.56. The molecule has 0 atom stereocenters. The Hall–Kier alpha value is -1.91. The molecule has 1 aromatic carbocycles. The van der Waals surface area contributed by atoms with Gasteiger partial charge in [-0.25, -0.2) is 4.98 Å². The summed E-state index contributed by atoms with van der Waals surface area (Å²) < 4.78 is 2.07. The fourth-order valence-corrected chi connectivity index (χ4v) is 2.16. The monoisotopic (exact) mass is 203 g/mol. The lowest BCUT2D eigenvalue weighted by atomic mass is 10.2. The van der Waals surface area contributed by atoms with Gasteiger partial charge in [0.1, 0.15) is 5.82 Å². The molecule has 0 aliphatic carbocycles. The zero-order valence-corrected chi connectivity index (χ0v) is 8.01. The number of hydrogen-bond acceptors (Lipinski definition) is 3. The van der Waals surface area contributed by atoms with Crippen molar-refractivity contribution in [3.05, 3.63) is 34.1 Å². The van der Waals surface area contributed by atoms with E-state index in [2.05, 4.69) is 9.55 Å². The molecule has 1 aliphatic rings. The maximum atomic E-state index is 10.8. The lowest BCUT2D eigenvalue weighted by Gasteiger charge is -1.97. The van der Waals surface area contributed by atoms with Crippen LogP contribution in [0.15, 0.2) is 18.2 Å². The van der Waals surface area contributed by atoms with Gasteiger partial charge in [0.15, 0.2) is 5.52 Å². The van der Waals surface area contributed by atoms with Crippen LogP contribution in [0.5, 0.6) is 0 Å². The topological polar surface area (TPSA) is 61.0 Å². The average molecular weight is 203 g/mol. The van der Waals surface area contributed by atoms with Crippen LogP contribution >= 0.6 is 0 Å². The molecule has 2 aromatic rings. The summed E-state index contributed by atoms with van der Waals surface area (Å²) in [6, 6.07) is 5.11. The molecule has 0 amide bonds. The van der Waals surface area contributed by atoms with Crippen molar-refractivity contribution in [2.45, 2.75) is 19.4 Å². The van der Waals surface area contributed by atoms with Crippen LogP contribution < -0.4 is 0 Å². The lowest BCUT2D eigenvalue weighted by molar-refractivity contribution is -0.383. The second-order valence-electron chi connectivity index (χ2n) is 3.69. The van der Waals surface area contributed by atoms with Gasteiger partial charge in [-0.15, -0.1) is 0 Å². The van der Waals surface area contributed by atoms with E-state index in [1.807, 2.05) is 6.07 Å². The minimum absolute atomic E-state index is 0.106. The van der Waals surface area contributed by atoms with Crippen LogP contribution in [0.4, 0.5) is 5.69 Å². The molecule has 0 saturated carbocycles. The lowest BCUT2D eigenvalue weighted by Crippen LogP contribution is -1.92. The van der Waals surface area contributed by atoms with Crippen molar-refractivity contribution in [1.29, 1.82) is 0 Å². The van der Waals surface area contributed by atoms with E-state index in [0.29, 0.717) is 5.52 Å². The molecule has 76 valence electrons. The van der Waals surface area contributed by atoms with Crippen LogP contribution in [-0.2, 0) is 13.0 Å². The van der Waals surface area contributed by atoms with Crippen LogP contribution in [0.25, 0.3) is 11.0 Å². The van der Waals surface area contributed by atoms with E-state index in [9.17, 15) is 10.1 Å². The average Bonchev–Trinajstić information content (AvgIpc) is 2.75. The summed E-state index contributed by atoms with van der Waals surface area (Å²) in [5, 5.41) is 10.8. The second-order valence-corrected chi connectivity index (χ2v) is 3.69. The number of rotatable bonds is 1. The number of nitrogens with zero attached hydrogens (tertiary/aromatic N) is 3. The number of fused-ring (bicyclic) bond motifs is 3. The molecule has 5 heteroatoms. The molecular weight excluding hydrogens is 194 g/mol. The highest BCUT2D eigenvalue weighted by atomic mass is 16.6. The van der Waals surface area contributed by atoms with E-state index in [1.54, 1.807) is 6.07 Å². The number of aromatic nitrogens is 2. The normalized spacial score (nSPS) is 14.4. The van der Waals surface area contributed by atoms with Gasteiger partial charge in [-0.05, 0) is 12.5 Å². The molecule has 2 heterocycles. The van der Waals surface area contributed by atoms with Gasteiger partial charge in [-0.1, -0.05) is 6.07 Å². The van der Waals surface area contributed by atoms with Crippen molar-refractivity contribution in [3.8, 4) is 0 Å². The van der Waals surface area contributed by atoms with Crippen LogP contribution in [-0.4, -0.2) is 14.5 Å². The molecule has 15 heavy (non-hydrogen) atoms. The Morgan fingerprint density at radius 1 is 1.47 bits per heavy atom. The predicted octanol–water partition coefficient (Wildman–Crippen LogP) is 1.89. The number of hydrogen-bond donors (Lipinski definition) is 0. The van der Waals surface area contributed by atoms with Crippen molar-refractivity contribution < 1.29 is 4.92 Å². The van der Waals surface area contributed by atoms with Gasteiger partial charge in [-0.3, -0.25) is 10.1 Å². The molecule has 0 bridgehead atoms. The summed E-state index contributed by atoms with van der Waals surface area (Å²) in [4.78, 5) is 14.8. The smallest absolute Gasteiger partial charge is 0.297 e. The van der Waals surface area contributed by atoms with Crippen LogP contribution in [0.2, 0.25) is 0 Å². The van der Waals surface area contributed by atoms with Gasteiger partial charge >= 0.3 is 0 Å². The predicted molar refractivity (Wildman–Crippen MR) is 54.7 cm³/mol. The first-order valence-electron chi connectivity index (χ1n) is 4.90. The van der Waals surface area contributed by atoms with E-state index in [0.717, 1.165) is 30.7 Å². The molecular formula is C10H9N3O2. The van der Waals surface area contributed by atoms with Crippen LogP contribution in [0.1, 0.15) is 12.2 Å². The van der Waals surface area contributed by atoms with Gasteiger partial charge < -0.3 is 4.57 Å². The zero-order chi connectivity index (χ0) is 10.4. The number of aryl methyl sites for hydroxylation is 2. The summed E-state index contributed by atoms with van der Waals surface area (Å²) >= 11 is 0. The number of benzene rings is 1. The first-order chi connectivity index (χ1) is 7.27. The van der Waals surface area contributed by atoms with E-state index in [4.69, 9.17) is 0 Å². The van der Waals surface area contributed by atoms with Crippen molar-refractivity contribution in [2.75, 3.05) is 0 Å². The third kappa shape index (κ3) is 1.06. The highest BCUT2D eigenvalue weighted by Crippen LogP contribution is 2.28. The van der Waals surface area contributed by atoms with Crippen molar-refractivity contribution in [2.24, 2.45) is 0 Å². The number of imidazole rings is 1. The highest BCUT2D eigenvalue weighted by Gasteiger charge is 2.21. The summed E-state index contributed by atoms with van der Waals surface area (Å²) in [5.74, 6) is 0.972. The van der Waals surface area contributed by atoms with Crippen molar-refractivity contribution >= 4 is 16.7 Å². The number of nitro benzene ring substituents is 1. The third-order valence-electron chi connectivity index (χ3n) is 2.82. The van der Waals surface area contributed by atoms with Crippen LogP contribution in [0, 0.1) is 10.1 Å². The standard InChI is InChI=1S/C10H9N3O2/c14-13(15)8-4-1-3-7-10(8)11-9-5-2-6-12(7)9/h1,3-4H,2,5-6H2. The maximum absolute atomic E-state index is 10.8. The molecule has 0 N–H and O–H groups in total. The Bertz CT molecular complexity index is 559. The zero-order valence-electron chi connectivity index (χ0n) is 8.01. The van der Waals surface area contributed by atoms with Crippen LogP contribution in [0.3, 0.4) is 0 Å². The first-order valence-corrected chi connectivity index (χ1v) is 4.90. The van der Waals surface area contributed by atoms with Gasteiger partial charge in [0, 0.05) is 19.0 Å². The highest BCUT2D eigenvalue weighted by molar-refractivity contribution is 5.85. The van der Waals surface area contributed by atoms with E-state index >= 15 is 0 Å². The van der Waals surface area contributed by atoms with Gasteiger partial charge in [-0.2, -0.15) is 0 Å². The van der Waals surface area contributed by atoms with Gasteiger partial charge in [0.2, 0.25) is 0 Å². The maximum Gasteiger partial charge on any atom is 0.297 e. The number of non-ortho nitro benzene ring substituents is 1. The second kappa shape index (κ2) is 2.79. The molecule has 1 aromatic heterocycles. The molecule has 3 rings (SSSR count). The van der Waals surface area contributed by atoms with Gasteiger partial charge in [0.25, 0.3) is 5.69 Å². The molecule has 0 spiro atoms. The third-order valence-corrected chi connectivity index (χ3v) is 2.82. The Morgan fingerprint density at radius 2 is 2.33 bits per heavy atom. The minimum atomic E-state index is -0.370. The van der Waals surface area contributed by atoms with Crippen molar-refractivity contribution in [3.63, 3.8) is 0 Å². The SMILES string of the molecule is O=[N+]([O-])c1cccc2c1nc1n2CCC1. The fourth-order valence-electron chi connectivity index (χ4n) is 2.16. The minimum Gasteiger partial charge on any atom is -0.328 e. The molecule has 0 fully saturated rings. The molecule has 0 radical (unpaired) electrons. The first kappa shape index (κ1) is 8.40. The summed E-state index contributed by atoms with van der Waals surface area (Å²) in [5.41, 5.74) is 1.52. The molecule has 1 aliphatic heterocycles. The Morgan fingerprint density at radius 3 is 3.13 bits per heavy atom. The summed E-state index contributed by atoms with van der Waals surface area (Å²) in [7, 11) is 0. The summed E-state index contributed by atoms with van der Waals surface area (Å²) in [6.07, 6.45) is 2.01.